The van der Waals surface area contributed by atoms with Gasteiger partial charge in [0.25, 0.3) is 5.69 Å². The van der Waals surface area contributed by atoms with Crippen molar-refractivity contribution >= 4 is 28.7 Å². The lowest BCUT2D eigenvalue weighted by molar-refractivity contribution is -0.384. The number of fused-ring (bicyclic) bond motifs is 2. The third-order valence-electron chi connectivity index (χ3n) is 4.57. The van der Waals surface area contributed by atoms with Crippen LogP contribution < -0.4 is 15.2 Å². The van der Waals surface area contributed by atoms with Crippen LogP contribution in [-0.2, 0) is 6.42 Å². The van der Waals surface area contributed by atoms with Crippen LogP contribution >= 0.6 is 12.2 Å². The Kier molecular flexibility index (Phi) is 4.15. The zero-order valence-corrected chi connectivity index (χ0v) is 15.2. The first-order chi connectivity index (χ1) is 12.9. The molecule has 0 amide bonds. The highest BCUT2D eigenvalue weighted by atomic mass is 32.1. The average molecular weight is 384 g/mol. The highest BCUT2D eigenvalue weighted by Gasteiger charge is 2.28. The van der Waals surface area contributed by atoms with Crippen LogP contribution in [0.2, 0.25) is 0 Å². The number of nitrogens with two attached hydrogens (primary N) is 1. The summed E-state index contributed by atoms with van der Waals surface area (Å²) < 4.78 is 11.0. The van der Waals surface area contributed by atoms with E-state index in [1.807, 2.05) is 19.1 Å². The van der Waals surface area contributed by atoms with Gasteiger partial charge in [0.2, 0.25) is 6.79 Å². The summed E-state index contributed by atoms with van der Waals surface area (Å²) in [4.78, 5) is 10.5. The predicted octanol–water partition coefficient (Wildman–Crippen LogP) is 2.57. The van der Waals surface area contributed by atoms with Gasteiger partial charge in [0, 0.05) is 23.3 Å². The molecule has 0 aliphatic carbocycles. The maximum atomic E-state index is 11.0. The van der Waals surface area contributed by atoms with Gasteiger partial charge in [0.15, 0.2) is 16.6 Å². The molecule has 2 heterocycles. The van der Waals surface area contributed by atoms with E-state index in [1.54, 1.807) is 17.1 Å². The Morgan fingerprint density at radius 1 is 1.30 bits per heavy atom. The molecular formula is C18H16N4O4S. The van der Waals surface area contributed by atoms with E-state index >= 15 is 0 Å². The van der Waals surface area contributed by atoms with Gasteiger partial charge in [-0.25, -0.2) is 5.01 Å². The molecule has 0 radical (unpaired) electrons. The second-order valence-corrected chi connectivity index (χ2v) is 6.77. The minimum absolute atomic E-state index is 0.0125. The van der Waals surface area contributed by atoms with Gasteiger partial charge < -0.3 is 15.2 Å². The number of nitrogens with zero attached hydrogens (tertiary/aromatic N) is 3. The molecule has 0 bridgehead atoms. The molecule has 138 valence electrons. The molecule has 8 nitrogen and oxygen atoms in total. The fourth-order valence-electron chi connectivity index (χ4n) is 3.26. The van der Waals surface area contributed by atoms with E-state index < -0.39 is 4.92 Å². The number of hydrogen-bond acceptors (Lipinski definition) is 6. The summed E-state index contributed by atoms with van der Waals surface area (Å²) >= 11 is 5.16. The van der Waals surface area contributed by atoms with E-state index in [1.165, 1.54) is 12.1 Å². The molecule has 0 unspecified atom stereocenters. The molecule has 2 aromatic carbocycles. The Hall–Kier alpha value is -3.20. The first kappa shape index (κ1) is 17.2. The molecule has 1 atom stereocenters. The molecule has 4 rings (SSSR count). The average Bonchev–Trinajstić information content (AvgIpc) is 3.03. The van der Waals surface area contributed by atoms with Gasteiger partial charge in [-0.15, -0.1) is 0 Å². The number of non-ortho nitro benzene ring substituents is 1. The van der Waals surface area contributed by atoms with Crippen LogP contribution in [0.25, 0.3) is 0 Å². The molecule has 2 aliphatic rings. The number of hydrogen-bond donors (Lipinski definition) is 1. The lowest BCUT2D eigenvalue weighted by atomic mass is 9.94. The molecule has 0 saturated heterocycles. The second kappa shape index (κ2) is 6.51. The van der Waals surface area contributed by atoms with Crippen LogP contribution in [0.4, 0.5) is 5.69 Å². The smallest absolute Gasteiger partial charge is 0.269 e. The number of benzene rings is 2. The zero-order valence-electron chi connectivity index (χ0n) is 14.4. The van der Waals surface area contributed by atoms with Crippen LogP contribution in [0.15, 0.2) is 41.5 Å². The van der Waals surface area contributed by atoms with Crippen molar-refractivity contribution < 1.29 is 14.4 Å². The van der Waals surface area contributed by atoms with Crippen molar-refractivity contribution in [2.24, 2.45) is 10.8 Å². The number of thiocarbonyl (C=S) groups is 1. The molecule has 0 saturated carbocycles. The summed E-state index contributed by atoms with van der Waals surface area (Å²) in [6.45, 7) is 2.16. The van der Waals surface area contributed by atoms with Gasteiger partial charge in [0.1, 0.15) is 0 Å². The maximum absolute atomic E-state index is 11.0. The van der Waals surface area contributed by atoms with Crippen molar-refractivity contribution in [1.82, 2.24) is 5.01 Å². The van der Waals surface area contributed by atoms with Crippen molar-refractivity contribution in [2.75, 3.05) is 6.79 Å². The Morgan fingerprint density at radius 2 is 1.96 bits per heavy atom. The zero-order chi connectivity index (χ0) is 19.1. The van der Waals surface area contributed by atoms with Crippen molar-refractivity contribution in [1.29, 1.82) is 0 Å². The highest BCUT2D eigenvalue weighted by Crippen LogP contribution is 2.37. The highest BCUT2D eigenvalue weighted by molar-refractivity contribution is 7.80. The normalized spacial score (nSPS) is 17.7. The maximum Gasteiger partial charge on any atom is 0.269 e. The molecule has 2 N–H and O–H groups in total. The Morgan fingerprint density at radius 3 is 2.59 bits per heavy atom. The van der Waals surface area contributed by atoms with E-state index in [9.17, 15) is 10.1 Å². The summed E-state index contributed by atoms with van der Waals surface area (Å²) in [5.74, 6) is 1.33. The summed E-state index contributed by atoms with van der Waals surface area (Å²) in [6.07, 6.45) is 0.656. The Bertz CT molecular complexity index is 974. The van der Waals surface area contributed by atoms with Gasteiger partial charge in [-0.1, -0.05) is 0 Å². The molecule has 2 aromatic rings. The number of hydrazone groups is 1. The Labute approximate surface area is 160 Å². The topological polar surface area (TPSA) is 103 Å². The van der Waals surface area contributed by atoms with Crippen LogP contribution in [0, 0.1) is 10.1 Å². The summed E-state index contributed by atoms with van der Waals surface area (Å²) in [6, 6.07) is 10.00. The molecule has 27 heavy (non-hydrogen) atoms. The fourth-order valence-corrected chi connectivity index (χ4v) is 3.48. The molecule has 2 aliphatic heterocycles. The summed E-state index contributed by atoms with van der Waals surface area (Å²) in [7, 11) is 0. The van der Waals surface area contributed by atoms with Crippen LogP contribution in [0.3, 0.4) is 0 Å². The summed E-state index contributed by atoms with van der Waals surface area (Å²) in [5, 5.41) is 17.4. The molecule has 9 heteroatoms. The monoisotopic (exact) mass is 384 g/mol. The largest absolute Gasteiger partial charge is 0.454 e. The number of ether oxygens (including phenoxy) is 2. The number of nitro benzene ring substituents is 1. The molecule has 0 fully saturated rings. The van der Waals surface area contributed by atoms with E-state index in [-0.39, 0.29) is 23.6 Å². The van der Waals surface area contributed by atoms with Crippen LogP contribution in [0.1, 0.15) is 23.6 Å². The van der Waals surface area contributed by atoms with Crippen molar-refractivity contribution in [2.45, 2.75) is 19.4 Å². The predicted molar refractivity (Wildman–Crippen MR) is 103 cm³/mol. The van der Waals surface area contributed by atoms with E-state index in [0.29, 0.717) is 23.6 Å². The van der Waals surface area contributed by atoms with Crippen LogP contribution in [0.5, 0.6) is 11.5 Å². The SMILES string of the molecule is C[C@H]1Cc2cc3c(cc2C(c2ccc([N+](=O)[O-])cc2)=NN1C(N)=S)OCO3. The van der Waals surface area contributed by atoms with E-state index in [2.05, 4.69) is 5.10 Å². The molecule has 0 spiro atoms. The van der Waals surface area contributed by atoms with Gasteiger partial charge in [0.05, 0.1) is 16.7 Å². The van der Waals surface area contributed by atoms with Gasteiger partial charge in [-0.3, -0.25) is 10.1 Å². The minimum atomic E-state index is -0.436. The third-order valence-corrected chi connectivity index (χ3v) is 4.76. The van der Waals surface area contributed by atoms with Gasteiger partial charge in [-0.05, 0) is 55.4 Å². The molecular weight excluding hydrogens is 368 g/mol. The fraction of sp³-hybridized carbons (Fsp3) is 0.222. The van der Waals surface area contributed by atoms with Crippen molar-refractivity contribution in [3.63, 3.8) is 0 Å². The lowest BCUT2D eigenvalue weighted by Crippen LogP contribution is -2.38. The standard InChI is InChI=1S/C18H16N4O4S/c1-10-6-12-7-15-16(26-9-25-15)8-14(12)17(20-21(10)18(19)27)11-2-4-13(5-3-11)22(23)24/h2-5,7-8,10H,6,9H2,1H3,(H2,19,27)/t10-/m0/s1. The quantitative estimate of drug-likeness (QED) is 0.482. The second-order valence-electron chi connectivity index (χ2n) is 6.35. The van der Waals surface area contributed by atoms with E-state index in [0.717, 1.165) is 16.7 Å². The van der Waals surface area contributed by atoms with Crippen molar-refractivity contribution in [3.05, 3.63) is 63.2 Å². The lowest BCUT2D eigenvalue weighted by Gasteiger charge is -2.23. The Balaban J connectivity index is 1.89. The third kappa shape index (κ3) is 3.06. The number of rotatable bonds is 2. The first-order valence-electron chi connectivity index (χ1n) is 8.29. The summed E-state index contributed by atoms with van der Waals surface area (Å²) in [5.41, 5.74) is 9.10. The first-order valence-corrected chi connectivity index (χ1v) is 8.70. The van der Waals surface area contributed by atoms with Gasteiger partial charge >= 0.3 is 0 Å². The minimum Gasteiger partial charge on any atom is -0.454 e. The van der Waals surface area contributed by atoms with Crippen molar-refractivity contribution in [3.8, 4) is 11.5 Å². The number of nitro groups is 1. The molecule has 0 aromatic heterocycles. The van der Waals surface area contributed by atoms with Gasteiger partial charge in [-0.2, -0.15) is 5.10 Å². The van der Waals surface area contributed by atoms with E-state index in [4.69, 9.17) is 27.4 Å². The van der Waals surface area contributed by atoms with Crippen LogP contribution in [-0.4, -0.2) is 33.6 Å².